The van der Waals surface area contributed by atoms with Gasteiger partial charge in [-0.05, 0) is 26.8 Å². The Bertz CT molecular complexity index is 366. The fraction of sp³-hybridized carbons (Fsp3) is 0.417. The molecule has 0 radical (unpaired) electrons. The Morgan fingerprint density at radius 2 is 1.94 bits per heavy atom. The van der Waals surface area contributed by atoms with Crippen LogP contribution in [0.15, 0.2) is 24.3 Å². The van der Waals surface area contributed by atoms with E-state index in [0.29, 0.717) is 5.56 Å². The molecule has 1 N–H and O–H groups in total. The molecule has 0 unspecified atom stereocenters. The average molecular weight is 224 g/mol. The van der Waals surface area contributed by atoms with E-state index in [1.54, 1.807) is 45.0 Å². The van der Waals surface area contributed by atoms with E-state index in [2.05, 4.69) is 4.89 Å². The maximum absolute atomic E-state index is 11.5. The normalized spacial score (nSPS) is 11.0. The highest BCUT2D eigenvalue weighted by Gasteiger charge is 2.17. The molecule has 4 heteroatoms. The van der Waals surface area contributed by atoms with Crippen LogP contribution >= 0.6 is 0 Å². The van der Waals surface area contributed by atoms with Gasteiger partial charge in [-0.2, -0.15) is 0 Å². The lowest BCUT2D eigenvalue weighted by Crippen LogP contribution is -2.25. The third-order valence-electron chi connectivity index (χ3n) is 1.83. The standard InChI is InChI=1S/C12H16O4/c1-12(2,3)15-11(13)8-9-6-4-5-7-10(9)16-14/h4-7,14H,8H2,1-3H3. The topological polar surface area (TPSA) is 55.8 Å². The summed E-state index contributed by atoms with van der Waals surface area (Å²) in [6, 6.07) is 6.77. The van der Waals surface area contributed by atoms with E-state index in [1.165, 1.54) is 0 Å². The number of esters is 1. The Hall–Kier alpha value is -1.55. The zero-order valence-corrected chi connectivity index (χ0v) is 9.69. The predicted molar refractivity (Wildman–Crippen MR) is 59.2 cm³/mol. The van der Waals surface area contributed by atoms with E-state index in [4.69, 9.17) is 9.99 Å². The monoisotopic (exact) mass is 224 g/mol. The minimum Gasteiger partial charge on any atom is -0.460 e. The molecule has 16 heavy (non-hydrogen) atoms. The molecule has 0 aliphatic heterocycles. The highest BCUT2D eigenvalue weighted by atomic mass is 17.1. The molecule has 4 nitrogen and oxygen atoms in total. The summed E-state index contributed by atoms with van der Waals surface area (Å²) in [6.07, 6.45) is 0.0774. The minimum atomic E-state index is -0.508. The predicted octanol–water partition coefficient (Wildman–Crippen LogP) is 2.42. The number of hydrogen-bond acceptors (Lipinski definition) is 4. The Morgan fingerprint density at radius 3 is 2.50 bits per heavy atom. The molecular formula is C12H16O4. The summed E-state index contributed by atoms with van der Waals surface area (Å²) in [5.74, 6) is -0.0784. The molecule has 0 aromatic heterocycles. The van der Waals surface area contributed by atoms with Crippen LogP contribution in [0.5, 0.6) is 5.75 Å². The third-order valence-corrected chi connectivity index (χ3v) is 1.83. The fourth-order valence-electron chi connectivity index (χ4n) is 1.27. The number of carbonyl (C=O) groups excluding carboxylic acids is 1. The lowest BCUT2D eigenvalue weighted by molar-refractivity contribution is -0.154. The highest BCUT2D eigenvalue weighted by molar-refractivity contribution is 5.74. The molecule has 0 fully saturated rings. The van der Waals surface area contributed by atoms with Crippen LogP contribution in [0.2, 0.25) is 0 Å². The second-order valence-corrected chi connectivity index (χ2v) is 4.46. The van der Waals surface area contributed by atoms with Crippen molar-refractivity contribution in [2.45, 2.75) is 32.8 Å². The van der Waals surface area contributed by atoms with Crippen molar-refractivity contribution in [2.75, 3.05) is 0 Å². The van der Waals surface area contributed by atoms with E-state index in [1.807, 2.05) is 0 Å². The first-order valence-electron chi connectivity index (χ1n) is 5.03. The smallest absolute Gasteiger partial charge is 0.310 e. The molecule has 0 amide bonds. The number of hydrogen-bond donors (Lipinski definition) is 1. The molecule has 0 atom stereocenters. The van der Waals surface area contributed by atoms with Gasteiger partial charge in [0.2, 0.25) is 0 Å². The molecular weight excluding hydrogens is 208 g/mol. The second-order valence-electron chi connectivity index (χ2n) is 4.46. The van der Waals surface area contributed by atoms with Gasteiger partial charge in [0.05, 0.1) is 6.42 Å². The third kappa shape index (κ3) is 3.90. The minimum absolute atomic E-state index is 0.0774. The molecule has 0 saturated carbocycles. The summed E-state index contributed by atoms with van der Waals surface area (Å²) in [7, 11) is 0. The summed E-state index contributed by atoms with van der Waals surface area (Å²) in [5, 5.41) is 8.61. The Labute approximate surface area is 94.7 Å². The van der Waals surface area contributed by atoms with Gasteiger partial charge in [-0.3, -0.25) is 4.79 Å². The number of rotatable bonds is 3. The fourth-order valence-corrected chi connectivity index (χ4v) is 1.27. The summed E-state index contributed by atoms with van der Waals surface area (Å²) in [6.45, 7) is 5.41. The van der Waals surface area contributed by atoms with Crippen LogP contribution in [0.1, 0.15) is 26.3 Å². The van der Waals surface area contributed by atoms with Gasteiger partial charge in [-0.1, -0.05) is 18.2 Å². The molecule has 0 aliphatic carbocycles. The van der Waals surface area contributed by atoms with E-state index in [0.717, 1.165) is 0 Å². The van der Waals surface area contributed by atoms with Crippen LogP contribution in [0.25, 0.3) is 0 Å². The molecule has 1 aromatic carbocycles. The van der Waals surface area contributed by atoms with Crippen molar-refractivity contribution in [1.29, 1.82) is 0 Å². The van der Waals surface area contributed by atoms with Crippen molar-refractivity contribution in [3.05, 3.63) is 29.8 Å². The number of benzene rings is 1. The maximum atomic E-state index is 11.5. The largest absolute Gasteiger partial charge is 0.460 e. The Morgan fingerprint density at radius 1 is 1.31 bits per heavy atom. The second kappa shape index (κ2) is 4.99. The van der Waals surface area contributed by atoms with Crippen LogP contribution in [-0.4, -0.2) is 16.8 Å². The Balaban J connectivity index is 2.70. The molecule has 0 bridgehead atoms. The van der Waals surface area contributed by atoms with Crippen molar-refractivity contribution in [3.8, 4) is 5.75 Å². The van der Waals surface area contributed by atoms with Gasteiger partial charge in [0.25, 0.3) is 0 Å². The first-order valence-corrected chi connectivity index (χ1v) is 5.03. The summed E-state index contributed by atoms with van der Waals surface area (Å²) >= 11 is 0. The summed E-state index contributed by atoms with van der Waals surface area (Å²) < 4.78 is 5.17. The molecule has 1 rings (SSSR count). The van der Waals surface area contributed by atoms with Gasteiger partial charge >= 0.3 is 5.97 Å². The maximum Gasteiger partial charge on any atom is 0.310 e. The molecule has 0 heterocycles. The quantitative estimate of drug-likeness (QED) is 0.486. The van der Waals surface area contributed by atoms with Crippen molar-refractivity contribution >= 4 is 5.97 Å². The van der Waals surface area contributed by atoms with Gasteiger partial charge in [-0.15, -0.1) is 0 Å². The zero-order valence-electron chi connectivity index (χ0n) is 9.69. The van der Waals surface area contributed by atoms with E-state index in [9.17, 15) is 4.79 Å². The molecule has 0 saturated heterocycles. The lowest BCUT2D eigenvalue weighted by Gasteiger charge is -2.19. The lowest BCUT2D eigenvalue weighted by atomic mass is 10.1. The van der Waals surface area contributed by atoms with Gasteiger partial charge in [0.1, 0.15) is 5.60 Å². The van der Waals surface area contributed by atoms with E-state index < -0.39 is 5.60 Å². The molecule has 1 aromatic rings. The van der Waals surface area contributed by atoms with Crippen molar-refractivity contribution in [2.24, 2.45) is 0 Å². The van der Waals surface area contributed by atoms with E-state index >= 15 is 0 Å². The van der Waals surface area contributed by atoms with Gasteiger partial charge in [-0.25, -0.2) is 5.26 Å². The Kier molecular flexibility index (Phi) is 3.90. The number of para-hydroxylation sites is 1. The van der Waals surface area contributed by atoms with Crippen LogP contribution in [-0.2, 0) is 16.0 Å². The van der Waals surface area contributed by atoms with Crippen LogP contribution in [0, 0.1) is 0 Å². The SMILES string of the molecule is CC(C)(C)OC(=O)Cc1ccccc1OO. The van der Waals surface area contributed by atoms with Crippen molar-refractivity contribution in [3.63, 3.8) is 0 Å². The molecule has 88 valence electrons. The summed E-state index contributed by atoms with van der Waals surface area (Å²) in [4.78, 5) is 15.7. The molecule has 0 aliphatic rings. The molecule has 0 spiro atoms. The first kappa shape index (κ1) is 12.5. The van der Waals surface area contributed by atoms with Gasteiger partial charge < -0.3 is 9.62 Å². The number of carbonyl (C=O) groups is 1. The van der Waals surface area contributed by atoms with Crippen LogP contribution in [0.3, 0.4) is 0 Å². The van der Waals surface area contributed by atoms with Gasteiger partial charge in [0, 0.05) is 5.56 Å². The van der Waals surface area contributed by atoms with Gasteiger partial charge in [0.15, 0.2) is 5.75 Å². The zero-order chi connectivity index (χ0) is 12.2. The van der Waals surface area contributed by atoms with Crippen molar-refractivity contribution < 1.29 is 19.7 Å². The highest BCUT2D eigenvalue weighted by Crippen LogP contribution is 2.19. The van der Waals surface area contributed by atoms with Crippen LogP contribution < -0.4 is 4.89 Å². The number of ether oxygens (including phenoxy) is 1. The first-order chi connectivity index (χ1) is 7.42. The van der Waals surface area contributed by atoms with Crippen molar-refractivity contribution in [1.82, 2.24) is 0 Å². The average Bonchev–Trinajstić information content (AvgIpc) is 2.15. The van der Waals surface area contributed by atoms with E-state index in [-0.39, 0.29) is 18.1 Å². The van der Waals surface area contributed by atoms with Crippen LogP contribution in [0.4, 0.5) is 0 Å². The summed E-state index contributed by atoms with van der Waals surface area (Å²) in [5.41, 5.74) is 0.0887.